The SMILES string of the molecule is O=S(=O)(O)c1c(-c2ccccc2)ccc2c1O2. The number of hydrogen-bond donors (Lipinski definition) is 1. The van der Waals surface area contributed by atoms with Crippen molar-refractivity contribution in [2.45, 2.75) is 4.90 Å². The van der Waals surface area contributed by atoms with E-state index in [0.29, 0.717) is 11.3 Å². The van der Waals surface area contributed by atoms with Crippen molar-refractivity contribution in [3.63, 3.8) is 0 Å². The summed E-state index contributed by atoms with van der Waals surface area (Å²) in [7, 11) is -4.29. The molecule has 1 aliphatic rings. The summed E-state index contributed by atoms with van der Waals surface area (Å²) in [5.74, 6) is 0.742. The third-order valence-electron chi connectivity index (χ3n) is 2.59. The maximum absolute atomic E-state index is 11.4. The van der Waals surface area contributed by atoms with Crippen molar-refractivity contribution in [2.75, 3.05) is 0 Å². The van der Waals surface area contributed by atoms with Crippen molar-refractivity contribution in [2.24, 2.45) is 0 Å². The second-order valence-corrected chi connectivity index (χ2v) is 5.07. The third kappa shape index (κ3) is 1.69. The lowest BCUT2D eigenvalue weighted by molar-refractivity contribution is 0.481. The second-order valence-electron chi connectivity index (χ2n) is 3.71. The van der Waals surface area contributed by atoms with E-state index < -0.39 is 10.1 Å². The van der Waals surface area contributed by atoms with Crippen molar-refractivity contribution >= 4 is 10.1 Å². The summed E-state index contributed by atoms with van der Waals surface area (Å²) >= 11 is 0. The van der Waals surface area contributed by atoms with Gasteiger partial charge in [0.05, 0.1) is 0 Å². The van der Waals surface area contributed by atoms with Gasteiger partial charge in [0.15, 0.2) is 11.5 Å². The van der Waals surface area contributed by atoms with Crippen molar-refractivity contribution in [3.05, 3.63) is 42.5 Å². The molecule has 86 valence electrons. The van der Waals surface area contributed by atoms with Crippen LogP contribution in [0.1, 0.15) is 0 Å². The van der Waals surface area contributed by atoms with E-state index in [1.165, 1.54) is 0 Å². The Morgan fingerprint density at radius 2 is 1.71 bits per heavy atom. The fourth-order valence-electron chi connectivity index (χ4n) is 1.81. The zero-order valence-corrected chi connectivity index (χ0v) is 9.44. The van der Waals surface area contributed by atoms with E-state index >= 15 is 0 Å². The minimum Gasteiger partial charge on any atom is -0.448 e. The van der Waals surface area contributed by atoms with Crippen LogP contribution in [0.15, 0.2) is 47.4 Å². The molecular formula is C12H8O4S. The third-order valence-corrected chi connectivity index (χ3v) is 3.51. The molecule has 0 fully saturated rings. The summed E-state index contributed by atoms with van der Waals surface area (Å²) in [5.41, 5.74) is 1.17. The zero-order chi connectivity index (χ0) is 12.0. The van der Waals surface area contributed by atoms with Gasteiger partial charge in [-0.2, -0.15) is 8.42 Å². The van der Waals surface area contributed by atoms with E-state index in [0.717, 1.165) is 5.56 Å². The van der Waals surface area contributed by atoms with Gasteiger partial charge in [0.1, 0.15) is 4.90 Å². The monoisotopic (exact) mass is 248 g/mol. The summed E-state index contributed by atoms with van der Waals surface area (Å²) in [6.07, 6.45) is 0. The molecule has 2 aromatic rings. The van der Waals surface area contributed by atoms with Crippen molar-refractivity contribution < 1.29 is 17.7 Å². The van der Waals surface area contributed by atoms with Gasteiger partial charge in [-0.25, -0.2) is 0 Å². The summed E-state index contributed by atoms with van der Waals surface area (Å²) in [6.45, 7) is 0. The number of ether oxygens (including phenoxy) is 1. The average Bonchev–Trinajstić information content (AvgIpc) is 3.06. The Hall–Kier alpha value is -1.85. The molecular weight excluding hydrogens is 240 g/mol. The second kappa shape index (κ2) is 3.32. The van der Waals surface area contributed by atoms with Crippen LogP contribution >= 0.6 is 0 Å². The molecule has 0 unspecified atom stereocenters. The van der Waals surface area contributed by atoms with Crippen LogP contribution in [-0.2, 0) is 10.1 Å². The van der Waals surface area contributed by atoms with Crippen LogP contribution in [0.25, 0.3) is 11.1 Å². The molecule has 17 heavy (non-hydrogen) atoms. The number of benzene rings is 2. The molecule has 1 heterocycles. The van der Waals surface area contributed by atoms with Gasteiger partial charge in [0.2, 0.25) is 0 Å². The van der Waals surface area contributed by atoms with Gasteiger partial charge in [-0.15, -0.1) is 0 Å². The van der Waals surface area contributed by atoms with Crippen LogP contribution in [0.2, 0.25) is 0 Å². The maximum atomic E-state index is 11.4. The van der Waals surface area contributed by atoms with Gasteiger partial charge >= 0.3 is 0 Å². The highest BCUT2D eigenvalue weighted by molar-refractivity contribution is 7.86. The molecule has 2 aromatic carbocycles. The predicted octanol–water partition coefficient (Wildman–Crippen LogP) is 2.71. The highest BCUT2D eigenvalue weighted by Crippen LogP contribution is 2.53. The van der Waals surface area contributed by atoms with E-state index in [4.69, 9.17) is 4.74 Å². The molecule has 3 rings (SSSR count). The van der Waals surface area contributed by atoms with Crippen molar-refractivity contribution in [1.29, 1.82) is 0 Å². The molecule has 0 aromatic heterocycles. The van der Waals surface area contributed by atoms with Crippen LogP contribution in [0.5, 0.6) is 11.5 Å². The lowest BCUT2D eigenvalue weighted by Gasteiger charge is -2.04. The summed E-state index contributed by atoms with van der Waals surface area (Å²) in [4.78, 5) is -0.152. The molecule has 0 radical (unpaired) electrons. The molecule has 0 amide bonds. The lowest BCUT2D eigenvalue weighted by Crippen LogP contribution is -1.99. The highest BCUT2D eigenvalue weighted by Gasteiger charge is 2.34. The van der Waals surface area contributed by atoms with Gasteiger partial charge in [-0.05, 0) is 17.7 Å². The Kier molecular flexibility index (Phi) is 2.01. The molecule has 5 heteroatoms. The van der Waals surface area contributed by atoms with E-state index in [1.54, 1.807) is 36.4 Å². The van der Waals surface area contributed by atoms with Crippen LogP contribution < -0.4 is 4.74 Å². The molecule has 0 spiro atoms. The zero-order valence-electron chi connectivity index (χ0n) is 8.62. The standard InChI is InChI=1S/C12H8O4S/c13-17(14,15)12-9(6-7-10-11(12)16-10)8-4-2-1-3-5-8/h1-7H,(H,13,14,15). The first kappa shape index (κ1) is 10.3. The van der Waals surface area contributed by atoms with E-state index in [9.17, 15) is 13.0 Å². The van der Waals surface area contributed by atoms with Crippen LogP contribution in [0.3, 0.4) is 0 Å². The Bertz CT molecular complexity index is 690. The normalized spacial score (nSPS) is 12.8. The smallest absolute Gasteiger partial charge is 0.299 e. The van der Waals surface area contributed by atoms with Gasteiger partial charge in [0.25, 0.3) is 10.1 Å². The maximum Gasteiger partial charge on any atom is 0.299 e. The van der Waals surface area contributed by atoms with Crippen molar-refractivity contribution in [3.8, 4) is 22.6 Å². The number of hydrogen-bond acceptors (Lipinski definition) is 3. The van der Waals surface area contributed by atoms with E-state index in [2.05, 4.69) is 0 Å². The first-order valence-corrected chi connectivity index (χ1v) is 6.39. The Morgan fingerprint density at radius 3 is 2.35 bits per heavy atom. The first-order valence-electron chi connectivity index (χ1n) is 4.95. The van der Waals surface area contributed by atoms with Crippen molar-refractivity contribution in [1.82, 2.24) is 0 Å². The van der Waals surface area contributed by atoms with Gasteiger partial charge < -0.3 is 4.74 Å². The average molecular weight is 248 g/mol. The number of rotatable bonds is 2. The van der Waals surface area contributed by atoms with Gasteiger partial charge in [-0.1, -0.05) is 30.3 Å². The summed E-state index contributed by atoms with van der Waals surface area (Å²) in [5, 5.41) is 0. The van der Waals surface area contributed by atoms with Crippen LogP contribution in [0.4, 0.5) is 0 Å². The lowest BCUT2D eigenvalue weighted by atomic mass is 10.1. The van der Waals surface area contributed by atoms with Gasteiger partial charge in [-0.3, -0.25) is 4.55 Å². The molecule has 0 saturated heterocycles. The minimum absolute atomic E-state index is 0.152. The fourth-order valence-corrected chi connectivity index (χ4v) is 2.65. The molecule has 1 aliphatic heterocycles. The summed E-state index contributed by atoms with van der Waals surface area (Å²) < 4.78 is 37.0. The molecule has 0 atom stereocenters. The molecule has 4 nitrogen and oxygen atoms in total. The molecule has 0 bridgehead atoms. The van der Waals surface area contributed by atoms with Crippen LogP contribution in [0, 0.1) is 0 Å². The Balaban J connectivity index is 2.30. The Labute approximate surface area is 98.2 Å². The minimum atomic E-state index is -4.29. The van der Waals surface area contributed by atoms with Gasteiger partial charge in [0, 0.05) is 5.56 Å². The predicted molar refractivity (Wildman–Crippen MR) is 61.8 cm³/mol. The quantitative estimate of drug-likeness (QED) is 0.559. The molecule has 1 N–H and O–H groups in total. The van der Waals surface area contributed by atoms with Crippen LogP contribution in [-0.4, -0.2) is 13.0 Å². The van der Waals surface area contributed by atoms with E-state index in [1.807, 2.05) is 6.07 Å². The summed E-state index contributed by atoms with van der Waals surface area (Å²) in [6, 6.07) is 12.3. The molecule has 0 saturated carbocycles. The number of fused-ring (bicyclic) bond motifs is 1. The topological polar surface area (TPSA) is 66.9 Å². The largest absolute Gasteiger partial charge is 0.448 e. The fraction of sp³-hybridized carbons (Fsp3) is 0. The molecule has 0 aliphatic carbocycles. The first-order chi connectivity index (χ1) is 8.07. The Morgan fingerprint density at radius 1 is 1.00 bits per heavy atom. The highest BCUT2D eigenvalue weighted by atomic mass is 32.2. The van der Waals surface area contributed by atoms with E-state index in [-0.39, 0.29) is 10.6 Å².